The Balaban J connectivity index is 1.65. The lowest BCUT2D eigenvalue weighted by atomic mass is 9.87. The number of hydrogen-bond acceptors (Lipinski definition) is 7. The van der Waals surface area contributed by atoms with Gasteiger partial charge in [0.2, 0.25) is 0 Å². The first-order valence-electron chi connectivity index (χ1n) is 12.0. The van der Waals surface area contributed by atoms with Crippen LogP contribution in [0.15, 0.2) is 0 Å². The molecule has 1 aromatic rings. The minimum absolute atomic E-state index is 0.0256. The highest BCUT2D eigenvalue weighted by Gasteiger charge is 2.39. The largest absolute Gasteiger partial charge is 0.447 e. The summed E-state index contributed by atoms with van der Waals surface area (Å²) in [6.07, 6.45) is 2.69. The van der Waals surface area contributed by atoms with Gasteiger partial charge in [-0.1, -0.05) is 13.8 Å². The first-order valence-corrected chi connectivity index (χ1v) is 12.0. The lowest BCUT2D eigenvalue weighted by molar-refractivity contribution is -0.0407. The van der Waals surface area contributed by atoms with Crippen molar-refractivity contribution >= 4 is 11.9 Å². The normalized spacial score (nSPS) is 22.2. The van der Waals surface area contributed by atoms with Gasteiger partial charge >= 0.3 is 6.09 Å². The first kappa shape index (κ1) is 23.8. The monoisotopic (exact) mass is 456 g/mol. The second-order valence-electron chi connectivity index (χ2n) is 10.3. The average molecular weight is 457 g/mol. The van der Waals surface area contributed by atoms with E-state index >= 15 is 0 Å². The van der Waals surface area contributed by atoms with Gasteiger partial charge in [-0.15, -0.1) is 0 Å². The van der Waals surface area contributed by atoms with E-state index in [2.05, 4.69) is 38.7 Å². The van der Waals surface area contributed by atoms with E-state index in [-0.39, 0.29) is 30.3 Å². The molecule has 1 aliphatic carbocycles. The van der Waals surface area contributed by atoms with Crippen molar-refractivity contribution in [2.45, 2.75) is 71.1 Å². The van der Waals surface area contributed by atoms with Crippen LogP contribution in [-0.4, -0.2) is 67.6 Å². The lowest BCUT2D eigenvalue weighted by Crippen LogP contribution is -2.57. The lowest BCUT2D eigenvalue weighted by Gasteiger charge is -2.44. The van der Waals surface area contributed by atoms with Crippen molar-refractivity contribution in [1.82, 2.24) is 9.88 Å². The molecule has 4 rings (SSSR count). The zero-order valence-electron chi connectivity index (χ0n) is 20.5. The summed E-state index contributed by atoms with van der Waals surface area (Å²) in [4.78, 5) is 21.8. The van der Waals surface area contributed by atoms with E-state index in [1.807, 2.05) is 4.90 Å². The molecule has 1 atom stereocenters. The Kier molecular flexibility index (Phi) is 6.83. The molecular formula is C25H36N4O4. The Morgan fingerprint density at radius 3 is 2.67 bits per heavy atom. The molecule has 1 aromatic heterocycles. The van der Waals surface area contributed by atoms with Crippen LogP contribution in [0.4, 0.5) is 10.6 Å². The molecule has 0 aromatic carbocycles. The molecular weight excluding hydrogens is 420 g/mol. The number of piperazine rings is 1. The zero-order chi connectivity index (χ0) is 23.8. The summed E-state index contributed by atoms with van der Waals surface area (Å²) < 4.78 is 16.5. The third-order valence-electron chi connectivity index (χ3n) is 6.95. The molecule has 0 radical (unpaired) electrons. The Morgan fingerprint density at radius 2 is 2.03 bits per heavy atom. The molecule has 0 spiro atoms. The van der Waals surface area contributed by atoms with E-state index < -0.39 is 0 Å². The van der Waals surface area contributed by atoms with Crippen LogP contribution in [0.25, 0.3) is 0 Å². The van der Waals surface area contributed by atoms with Crippen LogP contribution in [0.3, 0.4) is 0 Å². The molecule has 0 N–H and O–H groups in total. The molecule has 2 aliphatic heterocycles. The van der Waals surface area contributed by atoms with E-state index in [4.69, 9.17) is 19.2 Å². The smallest absolute Gasteiger partial charge is 0.410 e. The molecule has 8 heteroatoms. The Hall–Kier alpha value is -2.37. The van der Waals surface area contributed by atoms with Crippen LogP contribution in [0.1, 0.15) is 68.8 Å². The summed E-state index contributed by atoms with van der Waals surface area (Å²) in [5.74, 6) is 1.48. The number of carbonyl (C=O) groups is 1. The molecule has 1 amide bonds. The molecule has 8 nitrogen and oxygen atoms in total. The number of rotatable bonds is 6. The van der Waals surface area contributed by atoms with Crippen LogP contribution in [0, 0.1) is 17.2 Å². The van der Waals surface area contributed by atoms with Gasteiger partial charge < -0.3 is 24.0 Å². The predicted octanol–water partition coefficient (Wildman–Crippen LogP) is 3.61. The van der Waals surface area contributed by atoms with Crippen molar-refractivity contribution < 1.29 is 19.0 Å². The molecule has 33 heavy (non-hydrogen) atoms. The highest BCUT2D eigenvalue weighted by atomic mass is 16.6. The quantitative estimate of drug-likeness (QED) is 0.604. The van der Waals surface area contributed by atoms with Crippen molar-refractivity contribution in [3.63, 3.8) is 0 Å². The summed E-state index contributed by atoms with van der Waals surface area (Å²) in [5.41, 5.74) is 3.70. The minimum atomic E-state index is -0.304. The molecule has 1 saturated carbocycles. The van der Waals surface area contributed by atoms with Crippen molar-refractivity contribution in [2.24, 2.45) is 5.92 Å². The van der Waals surface area contributed by atoms with Gasteiger partial charge in [-0.05, 0) is 38.2 Å². The van der Waals surface area contributed by atoms with Crippen LogP contribution in [0.5, 0.6) is 0 Å². The second-order valence-corrected chi connectivity index (χ2v) is 10.3. The summed E-state index contributed by atoms with van der Waals surface area (Å²) in [6, 6.07) is 2.45. The van der Waals surface area contributed by atoms with E-state index in [0.717, 1.165) is 35.5 Å². The minimum Gasteiger partial charge on any atom is -0.447 e. The maximum absolute atomic E-state index is 12.7. The number of fused-ring (bicyclic) bond motifs is 1. The van der Waals surface area contributed by atoms with Crippen LogP contribution >= 0.6 is 0 Å². The number of ether oxygens (including phenoxy) is 3. The van der Waals surface area contributed by atoms with Crippen molar-refractivity contribution in [2.75, 3.05) is 44.9 Å². The van der Waals surface area contributed by atoms with Gasteiger partial charge in [0, 0.05) is 44.6 Å². The third kappa shape index (κ3) is 4.95. The molecule has 0 bridgehead atoms. The Bertz CT molecular complexity index is 935. The van der Waals surface area contributed by atoms with Gasteiger partial charge in [0.05, 0.1) is 36.1 Å². The molecule has 1 saturated heterocycles. The standard InChI is InChI=1S/C25H36N4O4/c1-16(2)21-14-28(8-9-29(21)24(30)32-11-10-31-5)23-19(13-26)18-12-25(3,4)33-15-20(18)22(27-23)17-6-7-17/h16-17,21H,6-12,14-15H2,1-5H3. The SMILES string of the molecule is COCCOC(=O)N1CCN(c2nc(C3CC3)c3c(c2C#N)CC(C)(C)OC3)CC1C(C)C. The molecule has 3 aliphatic rings. The second kappa shape index (κ2) is 9.47. The van der Waals surface area contributed by atoms with Crippen LogP contribution in [-0.2, 0) is 27.2 Å². The van der Waals surface area contributed by atoms with Gasteiger partial charge in [-0.3, -0.25) is 0 Å². The number of carbonyl (C=O) groups excluding carboxylic acids is 1. The number of nitriles is 1. The van der Waals surface area contributed by atoms with Crippen LogP contribution < -0.4 is 4.90 Å². The van der Waals surface area contributed by atoms with Gasteiger partial charge in [0.15, 0.2) is 0 Å². The number of aromatic nitrogens is 1. The Morgan fingerprint density at radius 1 is 1.27 bits per heavy atom. The summed E-state index contributed by atoms with van der Waals surface area (Å²) in [6.45, 7) is 11.3. The maximum Gasteiger partial charge on any atom is 0.410 e. The zero-order valence-corrected chi connectivity index (χ0v) is 20.5. The number of nitrogens with zero attached hydrogens (tertiary/aromatic N) is 4. The van der Waals surface area contributed by atoms with Gasteiger partial charge in [0.25, 0.3) is 0 Å². The molecule has 180 valence electrons. The molecule has 1 unspecified atom stereocenters. The fourth-order valence-corrected chi connectivity index (χ4v) is 4.91. The predicted molar refractivity (Wildman–Crippen MR) is 124 cm³/mol. The number of pyridine rings is 1. The highest BCUT2D eigenvalue weighted by Crippen LogP contribution is 2.46. The first-order chi connectivity index (χ1) is 15.8. The molecule has 3 heterocycles. The number of anilines is 1. The third-order valence-corrected chi connectivity index (χ3v) is 6.95. The van der Waals surface area contributed by atoms with Gasteiger partial charge in [0.1, 0.15) is 18.5 Å². The highest BCUT2D eigenvalue weighted by molar-refractivity contribution is 5.69. The fraction of sp³-hybridized carbons (Fsp3) is 0.720. The maximum atomic E-state index is 12.7. The number of hydrogen-bond donors (Lipinski definition) is 0. The van der Waals surface area contributed by atoms with E-state index in [0.29, 0.717) is 50.8 Å². The van der Waals surface area contributed by atoms with Gasteiger partial charge in [-0.2, -0.15) is 5.26 Å². The fourth-order valence-electron chi connectivity index (χ4n) is 4.91. The summed E-state index contributed by atoms with van der Waals surface area (Å²) >= 11 is 0. The van der Waals surface area contributed by atoms with E-state index in [1.165, 1.54) is 0 Å². The van der Waals surface area contributed by atoms with Gasteiger partial charge in [-0.25, -0.2) is 9.78 Å². The summed E-state index contributed by atoms with van der Waals surface area (Å²) in [5, 5.41) is 10.2. The number of methoxy groups -OCH3 is 1. The summed E-state index contributed by atoms with van der Waals surface area (Å²) in [7, 11) is 1.59. The van der Waals surface area contributed by atoms with Crippen molar-refractivity contribution in [3.8, 4) is 6.07 Å². The van der Waals surface area contributed by atoms with Crippen LogP contribution in [0.2, 0.25) is 0 Å². The number of amides is 1. The van der Waals surface area contributed by atoms with Crippen molar-refractivity contribution in [3.05, 3.63) is 22.4 Å². The average Bonchev–Trinajstić information content (AvgIpc) is 3.62. The van der Waals surface area contributed by atoms with E-state index in [1.54, 1.807) is 7.11 Å². The molecule has 2 fully saturated rings. The topological polar surface area (TPSA) is 87.9 Å². The Labute approximate surface area is 196 Å². The van der Waals surface area contributed by atoms with E-state index in [9.17, 15) is 10.1 Å². The van der Waals surface area contributed by atoms with Crippen molar-refractivity contribution in [1.29, 1.82) is 5.26 Å².